The van der Waals surface area contributed by atoms with Gasteiger partial charge in [-0.2, -0.15) is 4.98 Å². The molecule has 2 rings (SSSR count). The minimum absolute atomic E-state index is 0.182. The van der Waals surface area contributed by atoms with Crippen LogP contribution in [-0.2, 0) is 5.41 Å². The Labute approximate surface area is 120 Å². The van der Waals surface area contributed by atoms with Crippen molar-refractivity contribution in [1.82, 2.24) is 10.1 Å². The summed E-state index contributed by atoms with van der Waals surface area (Å²) in [5.74, 6) is 1.28. The molecule has 0 saturated heterocycles. The van der Waals surface area contributed by atoms with Crippen molar-refractivity contribution in [3.63, 3.8) is 0 Å². The van der Waals surface area contributed by atoms with Gasteiger partial charge in [-0.15, -0.1) is 0 Å². The van der Waals surface area contributed by atoms with E-state index < -0.39 is 0 Å². The zero-order valence-corrected chi connectivity index (χ0v) is 12.5. The second kappa shape index (κ2) is 6.18. The lowest BCUT2D eigenvalue weighted by atomic mass is 9.75. The molecule has 0 aliphatic heterocycles. The Kier molecular flexibility index (Phi) is 4.55. The third-order valence-electron chi connectivity index (χ3n) is 4.16. The Balaban J connectivity index is 2.46. The van der Waals surface area contributed by atoms with E-state index in [9.17, 15) is 0 Å². The van der Waals surface area contributed by atoms with Gasteiger partial charge in [0.1, 0.15) is 0 Å². The molecule has 0 fully saturated rings. The SMILES string of the molecule is CCC(N)c1nc(C(CC)(CC)c2ccccc2)no1. The fraction of sp³-hybridized carbons (Fsp3) is 0.500. The largest absolute Gasteiger partial charge is 0.338 e. The molecule has 1 unspecified atom stereocenters. The molecule has 1 aromatic carbocycles. The first kappa shape index (κ1) is 14.7. The average Bonchev–Trinajstić information content (AvgIpc) is 3.00. The van der Waals surface area contributed by atoms with Gasteiger partial charge in [0.15, 0.2) is 5.82 Å². The van der Waals surface area contributed by atoms with Gasteiger partial charge in [0, 0.05) is 0 Å². The molecule has 1 atom stereocenters. The number of benzene rings is 1. The maximum atomic E-state index is 5.98. The second-order valence-corrected chi connectivity index (χ2v) is 5.13. The number of aromatic nitrogens is 2. The zero-order valence-electron chi connectivity index (χ0n) is 12.5. The highest BCUT2D eigenvalue weighted by molar-refractivity contribution is 5.32. The van der Waals surface area contributed by atoms with Crippen molar-refractivity contribution in [2.75, 3.05) is 0 Å². The molecule has 1 aromatic heterocycles. The van der Waals surface area contributed by atoms with Gasteiger partial charge in [0.2, 0.25) is 5.89 Å². The van der Waals surface area contributed by atoms with Crippen LogP contribution in [0.25, 0.3) is 0 Å². The van der Waals surface area contributed by atoms with Gasteiger partial charge >= 0.3 is 0 Å². The van der Waals surface area contributed by atoms with E-state index in [1.807, 2.05) is 25.1 Å². The van der Waals surface area contributed by atoms with Crippen LogP contribution in [0, 0.1) is 0 Å². The minimum atomic E-state index is -0.198. The molecule has 4 nitrogen and oxygen atoms in total. The first-order valence-electron chi connectivity index (χ1n) is 7.33. The normalized spacial score (nSPS) is 13.4. The lowest BCUT2D eigenvalue weighted by Crippen LogP contribution is -2.27. The second-order valence-electron chi connectivity index (χ2n) is 5.13. The topological polar surface area (TPSA) is 64.9 Å². The van der Waals surface area contributed by atoms with Gasteiger partial charge in [0.05, 0.1) is 11.5 Å². The van der Waals surface area contributed by atoms with E-state index in [1.165, 1.54) is 5.56 Å². The number of hydrogen-bond acceptors (Lipinski definition) is 4. The third kappa shape index (κ3) is 2.48. The van der Waals surface area contributed by atoms with Gasteiger partial charge in [-0.05, 0) is 24.8 Å². The van der Waals surface area contributed by atoms with Gasteiger partial charge < -0.3 is 10.3 Å². The van der Waals surface area contributed by atoms with Crippen LogP contribution >= 0.6 is 0 Å². The highest BCUT2D eigenvalue weighted by atomic mass is 16.5. The molecular weight excluding hydrogens is 250 g/mol. The Bertz CT molecular complexity index is 532. The van der Waals surface area contributed by atoms with Crippen LogP contribution in [0.15, 0.2) is 34.9 Å². The first-order chi connectivity index (χ1) is 9.67. The summed E-state index contributed by atoms with van der Waals surface area (Å²) in [6.45, 7) is 6.33. The standard InChI is InChI=1S/C16H23N3O/c1-4-13(17)14-18-15(19-20-14)16(5-2,6-3)12-10-8-7-9-11-12/h7-11,13H,4-6,17H2,1-3H3. The molecule has 20 heavy (non-hydrogen) atoms. The summed E-state index contributed by atoms with van der Waals surface area (Å²) >= 11 is 0. The van der Waals surface area contributed by atoms with Crippen LogP contribution in [0.2, 0.25) is 0 Å². The van der Waals surface area contributed by atoms with E-state index >= 15 is 0 Å². The van der Waals surface area contributed by atoms with Crippen molar-refractivity contribution < 1.29 is 4.52 Å². The predicted molar refractivity (Wildman–Crippen MR) is 79.3 cm³/mol. The smallest absolute Gasteiger partial charge is 0.243 e. The molecule has 0 aliphatic rings. The average molecular weight is 273 g/mol. The maximum absolute atomic E-state index is 5.98. The highest BCUT2D eigenvalue weighted by Gasteiger charge is 2.35. The molecule has 0 aliphatic carbocycles. The fourth-order valence-corrected chi connectivity index (χ4v) is 2.62. The van der Waals surface area contributed by atoms with Crippen LogP contribution in [0.5, 0.6) is 0 Å². The molecule has 0 spiro atoms. The summed E-state index contributed by atoms with van der Waals surface area (Å²) in [7, 11) is 0. The molecule has 108 valence electrons. The number of nitrogens with zero attached hydrogens (tertiary/aromatic N) is 2. The monoisotopic (exact) mass is 273 g/mol. The van der Waals surface area contributed by atoms with Crippen molar-refractivity contribution in [1.29, 1.82) is 0 Å². The molecule has 1 heterocycles. The summed E-state index contributed by atoms with van der Waals surface area (Å²) in [6.07, 6.45) is 2.64. The Morgan fingerprint density at radius 3 is 2.35 bits per heavy atom. The van der Waals surface area contributed by atoms with E-state index in [0.29, 0.717) is 5.89 Å². The highest BCUT2D eigenvalue weighted by Crippen LogP contribution is 2.37. The molecule has 2 aromatic rings. The molecular formula is C16H23N3O. The summed E-state index contributed by atoms with van der Waals surface area (Å²) in [5.41, 5.74) is 7.00. The van der Waals surface area contributed by atoms with Crippen molar-refractivity contribution in [2.24, 2.45) is 5.73 Å². The Morgan fingerprint density at radius 1 is 1.15 bits per heavy atom. The number of nitrogens with two attached hydrogens (primary N) is 1. The minimum Gasteiger partial charge on any atom is -0.338 e. The van der Waals surface area contributed by atoms with Crippen molar-refractivity contribution >= 4 is 0 Å². The van der Waals surface area contributed by atoms with Crippen LogP contribution in [0.1, 0.15) is 63.4 Å². The summed E-state index contributed by atoms with van der Waals surface area (Å²) < 4.78 is 5.36. The molecule has 0 amide bonds. The van der Waals surface area contributed by atoms with Crippen molar-refractivity contribution in [3.8, 4) is 0 Å². The molecule has 2 N–H and O–H groups in total. The van der Waals surface area contributed by atoms with Crippen LogP contribution in [0.4, 0.5) is 0 Å². The third-order valence-corrected chi connectivity index (χ3v) is 4.16. The fourth-order valence-electron chi connectivity index (χ4n) is 2.62. The van der Waals surface area contributed by atoms with E-state index in [-0.39, 0.29) is 11.5 Å². The van der Waals surface area contributed by atoms with E-state index in [0.717, 1.165) is 25.1 Å². The summed E-state index contributed by atoms with van der Waals surface area (Å²) in [6, 6.07) is 10.2. The lowest BCUT2D eigenvalue weighted by molar-refractivity contribution is 0.336. The quantitative estimate of drug-likeness (QED) is 0.873. The van der Waals surface area contributed by atoms with E-state index in [2.05, 4.69) is 36.1 Å². The van der Waals surface area contributed by atoms with E-state index in [1.54, 1.807) is 0 Å². The van der Waals surface area contributed by atoms with Crippen LogP contribution < -0.4 is 5.73 Å². The van der Waals surface area contributed by atoms with Crippen molar-refractivity contribution in [2.45, 2.75) is 51.5 Å². The zero-order chi connectivity index (χ0) is 14.6. The van der Waals surface area contributed by atoms with Crippen LogP contribution in [-0.4, -0.2) is 10.1 Å². The number of hydrogen-bond donors (Lipinski definition) is 1. The maximum Gasteiger partial charge on any atom is 0.243 e. The molecule has 0 saturated carbocycles. The predicted octanol–water partition coefficient (Wildman–Crippen LogP) is 3.59. The van der Waals surface area contributed by atoms with Gasteiger partial charge in [0.25, 0.3) is 0 Å². The van der Waals surface area contributed by atoms with Gasteiger partial charge in [-0.3, -0.25) is 0 Å². The summed E-state index contributed by atoms with van der Waals surface area (Å²) in [5, 5.41) is 4.21. The first-order valence-corrected chi connectivity index (χ1v) is 7.33. The van der Waals surface area contributed by atoms with Gasteiger partial charge in [-0.1, -0.05) is 56.3 Å². The van der Waals surface area contributed by atoms with E-state index in [4.69, 9.17) is 10.3 Å². The molecule has 0 radical (unpaired) electrons. The molecule has 0 bridgehead atoms. The Morgan fingerprint density at radius 2 is 1.80 bits per heavy atom. The van der Waals surface area contributed by atoms with Crippen LogP contribution in [0.3, 0.4) is 0 Å². The Hall–Kier alpha value is -1.68. The number of rotatable bonds is 6. The van der Waals surface area contributed by atoms with Crippen molar-refractivity contribution in [3.05, 3.63) is 47.6 Å². The molecule has 4 heteroatoms. The van der Waals surface area contributed by atoms with Gasteiger partial charge in [-0.25, -0.2) is 0 Å². The summed E-state index contributed by atoms with van der Waals surface area (Å²) in [4.78, 5) is 4.57. The lowest BCUT2D eigenvalue weighted by Gasteiger charge is -2.28.